The number of ether oxygens (including phenoxy) is 1. The van der Waals surface area contributed by atoms with Crippen LogP contribution in [0.5, 0.6) is 5.75 Å². The van der Waals surface area contributed by atoms with Crippen molar-refractivity contribution in [2.24, 2.45) is 5.10 Å². The number of hydrazone groups is 1. The molecule has 146 valence electrons. The van der Waals surface area contributed by atoms with Crippen molar-refractivity contribution >= 4 is 35.3 Å². The number of hydrogen-bond acceptors (Lipinski definition) is 5. The molecule has 2 amide bonds. The van der Waals surface area contributed by atoms with Crippen molar-refractivity contribution in [3.05, 3.63) is 59.1 Å². The zero-order valence-corrected chi connectivity index (χ0v) is 16.2. The number of carbonyl (C=O) groups is 2. The van der Waals surface area contributed by atoms with E-state index in [0.29, 0.717) is 31.2 Å². The fourth-order valence-electron chi connectivity index (χ4n) is 2.95. The van der Waals surface area contributed by atoms with E-state index in [2.05, 4.69) is 15.4 Å². The summed E-state index contributed by atoms with van der Waals surface area (Å²) >= 11 is 5.82. The van der Waals surface area contributed by atoms with Crippen LogP contribution in [0.2, 0.25) is 5.02 Å². The normalized spacial score (nSPS) is 14.2. The third-order valence-corrected chi connectivity index (χ3v) is 4.69. The second-order valence-corrected chi connectivity index (χ2v) is 6.64. The van der Waals surface area contributed by atoms with E-state index in [1.807, 2.05) is 24.3 Å². The highest BCUT2D eigenvalue weighted by Crippen LogP contribution is 2.28. The fraction of sp³-hybridized carbons (Fsp3) is 0.250. The van der Waals surface area contributed by atoms with Crippen LogP contribution in [0.25, 0.3) is 0 Å². The second-order valence-electron chi connectivity index (χ2n) is 6.20. The number of anilines is 1. The standard InChI is InChI=1S/C20H21ClN4O3/c1-28-18-5-3-2-4-17(18)24-10-12-25(13-11-24)20(27)19(26)23-22-14-15-6-8-16(21)9-7-15/h2-9,14H,10-13H2,1H3,(H,23,26)/b22-14-. The summed E-state index contributed by atoms with van der Waals surface area (Å²) in [6.45, 7) is 2.14. The molecule has 0 saturated carbocycles. The number of rotatable bonds is 4. The molecule has 0 aliphatic carbocycles. The van der Waals surface area contributed by atoms with Gasteiger partial charge in [-0.15, -0.1) is 0 Å². The van der Waals surface area contributed by atoms with Gasteiger partial charge < -0.3 is 14.5 Å². The van der Waals surface area contributed by atoms with Gasteiger partial charge >= 0.3 is 11.8 Å². The Bertz CT molecular complexity index is 862. The van der Waals surface area contributed by atoms with Gasteiger partial charge in [-0.05, 0) is 29.8 Å². The lowest BCUT2D eigenvalue weighted by atomic mass is 10.2. The van der Waals surface area contributed by atoms with E-state index in [1.165, 1.54) is 11.1 Å². The average Bonchev–Trinajstić information content (AvgIpc) is 2.74. The van der Waals surface area contributed by atoms with E-state index < -0.39 is 11.8 Å². The molecule has 7 nitrogen and oxygen atoms in total. The maximum absolute atomic E-state index is 12.3. The number of carbonyl (C=O) groups excluding carboxylic acids is 2. The molecular weight excluding hydrogens is 380 g/mol. The van der Waals surface area contributed by atoms with Crippen LogP contribution in [0.1, 0.15) is 5.56 Å². The molecule has 0 unspecified atom stereocenters. The van der Waals surface area contributed by atoms with Crippen LogP contribution in [0.15, 0.2) is 53.6 Å². The van der Waals surface area contributed by atoms with Crippen molar-refractivity contribution in [2.75, 3.05) is 38.2 Å². The Morgan fingerprint density at radius 1 is 1.07 bits per heavy atom. The Morgan fingerprint density at radius 2 is 1.75 bits per heavy atom. The van der Waals surface area contributed by atoms with Crippen LogP contribution in [0, 0.1) is 0 Å². The van der Waals surface area contributed by atoms with E-state index in [-0.39, 0.29) is 0 Å². The molecule has 0 aromatic heterocycles. The molecule has 1 aliphatic heterocycles. The summed E-state index contributed by atoms with van der Waals surface area (Å²) in [5.74, 6) is -0.555. The van der Waals surface area contributed by atoms with Gasteiger partial charge in [0.05, 0.1) is 19.0 Å². The second kappa shape index (κ2) is 9.23. The number of amides is 2. The summed E-state index contributed by atoms with van der Waals surface area (Å²) < 4.78 is 5.39. The highest BCUT2D eigenvalue weighted by atomic mass is 35.5. The lowest BCUT2D eigenvalue weighted by Gasteiger charge is -2.36. The van der Waals surface area contributed by atoms with Crippen molar-refractivity contribution in [1.82, 2.24) is 10.3 Å². The lowest BCUT2D eigenvalue weighted by molar-refractivity contribution is -0.146. The Balaban J connectivity index is 1.51. The van der Waals surface area contributed by atoms with Gasteiger partial charge in [-0.3, -0.25) is 9.59 Å². The summed E-state index contributed by atoms with van der Waals surface area (Å²) in [5.41, 5.74) is 4.02. The van der Waals surface area contributed by atoms with E-state index in [0.717, 1.165) is 17.0 Å². The molecule has 1 saturated heterocycles. The Kier molecular flexibility index (Phi) is 6.49. The number of nitrogens with zero attached hydrogens (tertiary/aromatic N) is 3. The smallest absolute Gasteiger partial charge is 0.329 e. The predicted octanol–water partition coefficient (Wildman–Crippen LogP) is 2.15. The van der Waals surface area contributed by atoms with Gasteiger partial charge in [0.15, 0.2) is 0 Å². The third-order valence-electron chi connectivity index (χ3n) is 4.44. The zero-order chi connectivity index (χ0) is 19.9. The predicted molar refractivity (Wildman–Crippen MR) is 109 cm³/mol. The molecule has 3 rings (SSSR count). The van der Waals surface area contributed by atoms with Crippen molar-refractivity contribution < 1.29 is 14.3 Å². The molecule has 2 aromatic rings. The Hall–Kier alpha value is -3.06. The monoisotopic (exact) mass is 400 g/mol. The SMILES string of the molecule is COc1ccccc1N1CCN(C(=O)C(=O)N/N=C\c2ccc(Cl)cc2)CC1. The number of nitrogens with one attached hydrogen (secondary N) is 1. The first-order valence-electron chi connectivity index (χ1n) is 8.84. The van der Waals surface area contributed by atoms with Gasteiger partial charge in [0, 0.05) is 31.2 Å². The summed E-state index contributed by atoms with van der Waals surface area (Å²) in [4.78, 5) is 28.1. The number of halogens is 1. The van der Waals surface area contributed by atoms with Gasteiger partial charge in [0.25, 0.3) is 0 Å². The van der Waals surface area contributed by atoms with Crippen molar-refractivity contribution in [2.45, 2.75) is 0 Å². The topological polar surface area (TPSA) is 74.2 Å². The largest absolute Gasteiger partial charge is 0.495 e. The molecule has 1 N–H and O–H groups in total. The average molecular weight is 401 g/mol. The Morgan fingerprint density at radius 3 is 2.43 bits per heavy atom. The maximum Gasteiger partial charge on any atom is 0.329 e. The molecule has 28 heavy (non-hydrogen) atoms. The summed E-state index contributed by atoms with van der Waals surface area (Å²) in [6, 6.07) is 14.7. The lowest BCUT2D eigenvalue weighted by Crippen LogP contribution is -2.52. The zero-order valence-electron chi connectivity index (χ0n) is 15.5. The number of benzene rings is 2. The molecule has 2 aromatic carbocycles. The van der Waals surface area contributed by atoms with E-state index in [4.69, 9.17) is 16.3 Å². The quantitative estimate of drug-likeness (QED) is 0.485. The first-order chi connectivity index (χ1) is 13.6. The van der Waals surface area contributed by atoms with Crippen LogP contribution in [-0.4, -0.2) is 56.2 Å². The highest BCUT2D eigenvalue weighted by molar-refractivity contribution is 6.35. The number of methoxy groups -OCH3 is 1. The van der Waals surface area contributed by atoms with E-state index >= 15 is 0 Å². The molecule has 0 spiro atoms. The summed E-state index contributed by atoms with van der Waals surface area (Å²) in [6.07, 6.45) is 1.46. The first-order valence-corrected chi connectivity index (χ1v) is 9.22. The van der Waals surface area contributed by atoms with Crippen LogP contribution in [-0.2, 0) is 9.59 Å². The highest BCUT2D eigenvalue weighted by Gasteiger charge is 2.26. The molecule has 0 atom stereocenters. The van der Waals surface area contributed by atoms with E-state index in [1.54, 1.807) is 31.4 Å². The fourth-order valence-corrected chi connectivity index (χ4v) is 3.07. The van der Waals surface area contributed by atoms with Gasteiger partial charge in [-0.1, -0.05) is 35.9 Å². The molecule has 1 aliphatic rings. The molecular formula is C20H21ClN4O3. The number of piperazine rings is 1. The van der Waals surface area contributed by atoms with Gasteiger partial charge in [0.1, 0.15) is 5.75 Å². The van der Waals surface area contributed by atoms with Gasteiger partial charge in [-0.25, -0.2) is 5.43 Å². The van der Waals surface area contributed by atoms with Crippen LogP contribution >= 0.6 is 11.6 Å². The van der Waals surface area contributed by atoms with Crippen molar-refractivity contribution in [3.63, 3.8) is 0 Å². The minimum atomic E-state index is -0.754. The molecule has 1 fully saturated rings. The first kappa shape index (κ1) is 19.7. The minimum absolute atomic E-state index is 0.450. The van der Waals surface area contributed by atoms with E-state index in [9.17, 15) is 9.59 Å². The molecule has 0 radical (unpaired) electrons. The third kappa shape index (κ3) is 4.80. The van der Waals surface area contributed by atoms with Crippen LogP contribution in [0.3, 0.4) is 0 Å². The molecule has 8 heteroatoms. The van der Waals surface area contributed by atoms with Crippen LogP contribution < -0.4 is 15.1 Å². The van der Waals surface area contributed by atoms with Gasteiger partial charge in [-0.2, -0.15) is 5.10 Å². The molecule has 0 bridgehead atoms. The number of para-hydroxylation sites is 2. The maximum atomic E-state index is 12.3. The van der Waals surface area contributed by atoms with Gasteiger partial charge in [0.2, 0.25) is 0 Å². The Labute approximate surface area is 168 Å². The van der Waals surface area contributed by atoms with Crippen molar-refractivity contribution in [3.8, 4) is 5.75 Å². The van der Waals surface area contributed by atoms with Crippen LogP contribution in [0.4, 0.5) is 5.69 Å². The number of hydrogen-bond donors (Lipinski definition) is 1. The van der Waals surface area contributed by atoms with Crippen molar-refractivity contribution in [1.29, 1.82) is 0 Å². The minimum Gasteiger partial charge on any atom is -0.495 e. The summed E-state index contributed by atoms with van der Waals surface area (Å²) in [7, 11) is 1.63. The molecule has 1 heterocycles. The summed E-state index contributed by atoms with van der Waals surface area (Å²) in [5, 5.41) is 4.44.